The molecule has 0 spiro atoms. The van der Waals surface area contributed by atoms with Gasteiger partial charge >= 0.3 is 0 Å². The zero-order valence-corrected chi connectivity index (χ0v) is 8.53. The van der Waals surface area contributed by atoms with Crippen LogP contribution in [0.4, 0.5) is 0 Å². The average molecular weight is 264 g/mol. The molecule has 0 amide bonds. The molecule has 0 N–H and O–H groups in total. The standard InChI is InChI=1S/C8H7O.Pm/c1-7-4-2-3-5-8(7)6-9;/h2-5H,1H3;/q-1;. The molecule has 1 nitrogen and oxygen atoms in total. The average Bonchev–Trinajstić information content (AvgIpc) is 1.89. The Kier molecular flexibility index (Phi) is 5.07. The maximum Gasteiger partial charge on any atom is 0.0629 e. The van der Waals surface area contributed by atoms with Crippen LogP contribution in [0.25, 0.3) is 0 Å². The van der Waals surface area contributed by atoms with Crippen molar-refractivity contribution in [2.24, 2.45) is 0 Å². The quantitative estimate of drug-likeness (QED) is 0.702. The SMILES string of the molecule is Cc1ccccc1[C-]=O.[Pm]. The molecule has 0 saturated carbocycles. The van der Waals surface area contributed by atoms with E-state index in [-0.39, 0.29) is 40.4 Å². The van der Waals surface area contributed by atoms with Crippen LogP contribution in [0.3, 0.4) is 0 Å². The molecule has 0 aliphatic rings. The van der Waals surface area contributed by atoms with Gasteiger partial charge in [0, 0.05) is 40.4 Å². The summed E-state index contributed by atoms with van der Waals surface area (Å²) in [5.74, 6) is 0. The fourth-order valence-corrected chi connectivity index (χ4v) is 0.687. The van der Waals surface area contributed by atoms with Crippen LogP contribution in [0, 0.1) is 47.3 Å². The van der Waals surface area contributed by atoms with Gasteiger partial charge in [-0.05, 0) is 0 Å². The molecular weight excluding hydrogens is 257 g/mol. The van der Waals surface area contributed by atoms with Crippen LogP contribution >= 0.6 is 0 Å². The summed E-state index contributed by atoms with van der Waals surface area (Å²) in [6, 6.07) is 7.37. The van der Waals surface area contributed by atoms with Crippen molar-refractivity contribution in [2.45, 2.75) is 6.92 Å². The van der Waals surface area contributed by atoms with Gasteiger partial charge in [-0.25, -0.2) is 0 Å². The molecule has 0 bridgehead atoms. The number of carbonyl (C=O) groups excluding carboxylic acids is 1. The van der Waals surface area contributed by atoms with E-state index in [0.29, 0.717) is 5.56 Å². The Balaban J connectivity index is 0.000000810. The summed E-state index contributed by atoms with van der Waals surface area (Å²) in [6.45, 7) is 1.89. The van der Waals surface area contributed by atoms with E-state index < -0.39 is 0 Å². The molecule has 0 aromatic heterocycles. The molecule has 2 heteroatoms. The van der Waals surface area contributed by atoms with Crippen LogP contribution in [-0.2, 0) is 4.79 Å². The maximum atomic E-state index is 10.1. The fraction of sp³-hybridized carbons (Fsp3) is 0.125. The molecule has 0 aliphatic heterocycles. The summed E-state index contributed by atoms with van der Waals surface area (Å²) >= 11 is 0. The normalized spacial score (nSPS) is 8.10. The van der Waals surface area contributed by atoms with Crippen molar-refractivity contribution in [3.05, 3.63) is 35.4 Å². The Bertz CT molecular complexity index is 220. The van der Waals surface area contributed by atoms with Crippen LogP contribution in [-0.4, -0.2) is 6.29 Å². The minimum absolute atomic E-state index is 0. The van der Waals surface area contributed by atoms with Gasteiger partial charge in [-0.1, -0.05) is 13.0 Å². The van der Waals surface area contributed by atoms with E-state index in [4.69, 9.17) is 0 Å². The number of rotatable bonds is 1. The first-order chi connectivity index (χ1) is 4.34. The largest absolute Gasteiger partial charge is 0.376 e. The second-order valence-corrected chi connectivity index (χ2v) is 1.92. The van der Waals surface area contributed by atoms with Crippen LogP contribution in [0.1, 0.15) is 11.1 Å². The summed E-state index contributed by atoms with van der Waals surface area (Å²) in [7, 11) is 0. The van der Waals surface area contributed by atoms with Crippen molar-refractivity contribution < 1.29 is 45.2 Å². The Labute approximate surface area is 92.9 Å². The first-order valence-corrected chi connectivity index (χ1v) is 2.78. The number of hydrogen-bond acceptors (Lipinski definition) is 1. The predicted octanol–water partition coefficient (Wildman–Crippen LogP) is 1.45. The molecule has 1 aromatic carbocycles. The summed E-state index contributed by atoms with van der Waals surface area (Å²) < 4.78 is 0. The number of benzene rings is 1. The summed E-state index contributed by atoms with van der Waals surface area (Å²) in [4.78, 5) is 10.1. The van der Waals surface area contributed by atoms with Crippen molar-refractivity contribution >= 4 is 6.29 Å². The molecule has 1 radical (unpaired) electrons. The molecule has 1 rings (SSSR count). The van der Waals surface area contributed by atoms with Crippen molar-refractivity contribution in [1.82, 2.24) is 0 Å². The third-order valence-electron chi connectivity index (χ3n) is 1.26. The van der Waals surface area contributed by atoms with Crippen LogP contribution in [0.15, 0.2) is 24.3 Å². The first-order valence-electron chi connectivity index (χ1n) is 2.78. The van der Waals surface area contributed by atoms with Crippen LogP contribution < -0.4 is 0 Å². The summed E-state index contributed by atoms with van der Waals surface area (Å²) in [5, 5.41) is 0. The fourth-order valence-electron chi connectivity index (χ4n) is 0.687. The smallest absolute Gasteiger partial charge is 0.0629 e. The number of aryl methyl sites for hydroxylation is 1. The summed E-state index contributed by atoms with van der Waals surface area (Å²) in [5.41, 5.74) is 1.63. The van der Waals surface area contributed by atoms with Gasteiger partial charge < -0.3 is 4.79 Å². The molecule has 1 aromatic rings. The van der Waals surface area contributed by atoms with Crippen molar-refractivity contribution in [3.63, 3.8) is 0 Å². The molecular formula is C8H7OPm-. The van der Waals surface area contributed by atoms with Gasteiger partial charge in [0.1, 0.15) is 0 Å². The van der Waals surface area contributed by atoms with E-state index in [1.54, 1.807) is 6.07 Å². The molecule has 0 aliphatic carbocycles. The van der Waals surface area contributed by atoms with E-state index in [9.17, 15) is 4.79 Å². The van der Waals surface area contributed by atoms with Crippen molar-refractivity contribution in [2.75, 3.05) is 0 Å². The van der Waals surface area contributed by atoms with Gasteiger partial charge in [0.25, 0.3) is 0 Å². The predicted molar refractivity (Wildman–Crippen MR) is 36.0 cm³/mol. The molecule has 0 heterocycles. The monoisotopic (exact) mass is 264 g/mol. The third-order valence-corrected chi connectivity index (χ3v) is 1.26. The van der Waals surface area contributed by atoms with E-state index in [1.807, 2.05) is 31.4 Å². The second kappa shape index (κ2) is 4.96. The van der Waals surface area contributed by atoms with E-state index in [0.717, 1.165) is 5.56 Å². The molecule has 0 atom stereocenters. The van der Waals surface area contributed by atoms with Crippen LogP contribution in [0.2, 0.25) is 0 Å². The zero-order chi connectivity index (χ0) is 6.69. The van der Waals surface area contributed by atoms with Crippen LogP contribution in [0.5, 0.6) is 0 Å². The molecule has 0 fully saturated rings. The molecule has 0 saturated heterocycles. The minimum atomic E-state index is 0. The zero-order valence-electron chi connectivity index (χ0n) is 5.66. The minimum Gasteiger partial charge on any atom is -0.376 e. The third kappa shape index (κ3) is 2.46. The maximum absolute atomic E-state index is 10.1. The first kappa shape index (κ1) is 10.2. The number of hydrogen-bond donors (Lipinski definition) is 0. The van der Waals surface area contributed by atoms with Gasteiger partial charge in [0.05, 0.1) is 6.29 Å². The van der Waals surface area contributed by atoms with Gasteiger partial charge in [0.15, 0.2) is 0 Å². The Morgan fingerprint density at radius 2 is 1.90 bits per heavy atom. The van der Waals surface area contributed by atoms with Crippen molar-refractivity contribution in [3.8, 4) is 0 Å². The van der Waals surface area contributed by atoms with E-state index in [2.05, 4.69) is 0 Å². The Morgan fingerprint density at radius 3 is 2.30 bits per heavy atom. The van der Waals surface area contributed by atoms with Gasteiger partial charge in [0.2, 0.25) is 0 Å². The molecule has 10 heavy (non-hydrogen) atoms. The Morgan fingerprint density at radius 1 is 1.30 bits per heavy atom. The van der Waals surface area contributed by atoms with Gasteiger partial charge in [-0.2, -0.15) is 6.07 Å². The Hall–Kier alpha value is 0.228. The second-order valence-electron chi connectivity index (χ2n) is 1.92. The van der Waals surface area contributed by atoms with Gasteiger partial charge in [-0.15, -0.1) is 23.3 Å². The topological polar surface area (TPSA) is 17.1 Å². The van der Waals surface area contributed by atoms with Crippen molar-refractivity contribution in [1.29, 1.82) is 0 Å². The molecule has 0 unspecified atom stereocenters. The van der Waals surface area contributed by atoms with E-state index in [1.165, 1.54) is 0 Å². The van der Waals surface area contributed by atoms with Gasteiger partial charge in [-0.3, -0.25) is 0 Å². The molecule has 51 valence electrons. The van der Waals surface area contributed by atoms with E-state index >= 15 is 0 Å². The summed E-state index contributed by atoms with van der Waals surface area (Å²) in [6.07, 6.45) is 1.85.